The number of hydrogen-bond acceptors (Lipinski definition) is 7. The number of anilines is 1. The Morgan fingerprint density at radius 3 is 2.35 bits per heavy atom. The number of benzene rings is 4. The van der Waals surface area contributed by atoms with Crippen LogP contribution < -0.4 is 10.2 Å². The van der Waals surface area contributed by atoms with Crippen molar-refractivity contribution in [1.82, 2.24) is 20.0 Å². The molecule has 55 heavy (non-hydrogen) atoms. The van der Waals surface area contributed by atoms with Crippen LogP contribution in [0.4, 0.5) is 5.69 Å². The van der Waals surface area contributed by atoms with Gasteiger partial charge >= 0.3 is 0 Å². The van der Waals surface area contributed by atoms with Crippen molar-refractivity contribution >= 4 is 29.3 Å². The molecule has 5 aliphatic heterocycles. The molecule has 10 rings (SSSR count). The fourth-order valence-corrected chi connectivity index (χ4v) is 10.5. The average molecular weight is 736 g/mol. The van der Waals surface area contributed by atoms with Crippen molar-refractivity contribution in [3.8, 4) is 5.75 Å². The number of imide groups is 1. The molecule has 3 saturated heterocycles. The molecule has 10 heteroatoms. The van der Waals surface area contributed by atoms with Crippen LogP contribution in [0.15, 0.2) is 84.9 Å². The molecule has 4 aromatic rings. The van der Waals surface area contributed by atoms with Crippen LogP contribution in [-0.4, -0.2) is 82.2 Å². The normalized spacial score (nSPS) is 24.1. The Labute approximate surface area is 320 Å². The number of fused-ring (bicyclic) bond motifs is 3. The van der Waals surface area contributed by atoms with E-state index >= 15 is 0 Å². The number of carbonyl (C=O) groups is 4. The Kier molecular flexibility index (Phi) is 8.10. The SMILES string of the molecule is O=C1CCC(N2Cc3cc4c(cc3C2=O)CN(CC(=O)N2CCC3(C2)CN(c2ccc([C@@H]5c6ccc(O)cc6CC[C@@H]5c5ccccc5)cc2)C3)C4)C(=O)N1. The maximum absolute atomic E-state index is 13.6. The second-order valence-electron chi connectivity index (χ2n) is 16.8. The van der Waals surface area contributed by atoms with Gasteiger partial charge in [-0.05, 0) is 101 Å². The fourth-order valence-electron chi connectivity index (χ4n) is 10.5. The number of phenolic OH excluding ortho intramolecular Hbond substituents is 1. The summed E-state index contributed by atoms with van der Waals surface area (Å²) in [5, 5.41) is 12.6. The van der Waals surface area contributed by atoms with Gasteiger partial charge in [-0.25, -0.2) is 0 Å². The summed E-state index contributed by atoms with van der Waals surface area (Å²) in [6.45, 7) is 5.43. The van der Waals surface area contributed by atoms with Crippen LogP contribution in [0.25, 0.3) is 0 Å². The van der Waals surface area contributed by atoms with Crippen molar-refractivity contribution in [2.45, 2.75) is 69.6 Å². The summed E-state index contributed by atoms with van der Waals surface area (Å²) < 4.78 is 0. The maximum atomic E-state index is 13.6. The van der Waals surface area contributed by atoms with Crippen molar-refractivity contribution in [1.29, 1.82) is 0 Å². The quantitative estimate of drug-likeness (QED) is 0.266. The molecule has 0 aromatic heterocycles. The molecule has 1 aliphatic carbocycles. The number of likely N-dealkylation sites (tertiary alicyclic amines) is 1. The van der Waals surface area contributed by atoms with Crippen LogP contribution in [0.2, 0.25) is 0 Å². The summed E-state index contributed by atoms with van der Waals surface area (Å²) in [4.78, 5) is 59.3. The lowest BCUT2D eigenvalue weighted by Crippen LogP contribution is -2.58. The van der Waals surface area contributed by atoms with Crippen LogP contribution in [0.3, 0.4) is 0 Å². The van der Waals surface area contributed by atoms with E-state index in [9.17, 15) is 24.3 Å². The molecule has 3 atom stereocenters. The van der Waals surface area contributed by atoms with Gasteiger partial charge in [0.2, 0.25) is 17.7 Å². The van der Waals surface area contributed by atoms with Crippen LogP contribution in [0.5, 0.6) is 5.75 Å². The fraction of sp³-hybridized carbons (Fsp3) is 0.378. The van der Waals surface area contributed by atoms with Crippen LogP contribution in [-0.2, 0) is 40.4 Å². The van der Waals surface area contributed by atoms with Gasteiger partial charge in [0.05, 0.1) is 6.54 Å². The van der Waals surface area contributed by atoms with Gasteiger partial charge in [0, 0.05) is 74.8 Å². The highest BCUT2D eigenvalue weighted by atomic mass is 16.3. The van der Waals surface area contributed by atoms with E-state index in [0.717, 1.165) is 62.1 Å². The first kappa shape index (κ1) is 34.0. The molecule has 0 saturated carbocycles. The third kappa shape index (κ3) is 5.98. The smallest absolute Gasteiger partial charge is 0.255 e. The third-order valence-electron chi connectivity index (χ3n) is 13.3. The van der Waals surface area contributed by atoms with Gasteiger partial charge in [0.1, 0.15) is 11.8 Å². The lowest BCUT2D eigenvalue weighted by atomic mass is 9.69. The highest BCUT2D eigenvalue weighted by Gasteiger charge is 2.49. The van der Waals surface area contributed by atoms with Gasteiger partial charge in [-0.1, -0.05) is 54.6 Å². The molecule has 4 aromatic carbocycles. The molecule has 0 radical (unpaired) electrons. The maximum Gasteiger partial charge on any atom is 0.255 e. The summed E-state index contributed by atoms with van der Waals surface area (Å²) >= 11 is 0. The predicted octanol–water partition coefficient (Wildman–Crippen LogP) is 5.07. The molecule has 1 unspecified atom stereocenters. The van der Waals surface area contributed by atoms with E-state index in [4.69, 9.17) is 0 Å². The van der Waals surface area contributed by atoms with E-state index in [0.29, 0.717) is 49.8 Å². The number of hydrogen-bond donors (Lipinski definition) is 2. The number of nitrogens with one attached hydrogen (secondary N) is 1. The summed E-state index contributed by atoms with van der Waals surface area (Å²) in [6.07, 6.45) is 3.59. The average Bonchev–Trinajstić information content (AvgIpc) is 3.88. The minimum atomic E-state index is -0.621. The molecule has 0 bridgehead atoms. The Hall–Kier alpha value is -5.48. The first-order chi connectivity index (χ1) is 26.7. The van der Waals surface area contributed by atoms with Crippen molar-refractivity contribution < 1.29 is 24.3 Å². The van der Waals surface area contributed by atoms with E-state index in [1.165, 1.54) is 27.9 Å². The van der Waals surface area contributed by atoms with E-state index in [1.54, 1.807) is 4.90 Å². The minimum Gasteiger partial charge on any atom is -0.508 e. The minimum absolute atomic E-state index is 0.126. The Bertz CT molecular complexity index is 2230. The summed E-state index contributed by atoms with van der Waals surface area (Å²) in [5.41, 5.74) is 10.3. The molecule has 10 nitrogen and oxygen atoms in total. The van der Waals surface area contributed by atoms with Crippen LogP contribution in [0.1, 0.15) is 86.8 Å². The van der Waals surface area contributed by atoms with E-state index in [-0.39, 0.29) is 35.5 Å². The number of amides is 4. The second kappa shape index (κ2) is 13.1. The van der Waals surface area contributed by atoms with Gasteiger partial charge in [0.25, 0.3) is 5.91 Å². The standard InChI is InChI=1S/C45H45N5O5/c51-35-11-13-37-30(19-35)8-12-36(28-4-2-1-3-5-28)42(37)29-6-9-34(10-7-29)49-26-45(27-49)16-17-48(25-45)41(53)24-47-21-31-18-33-23-50(39-14-15-40(52)46-43(39)54)44(55)38(33)20-32(31)22-47/h1-7,9-11,13,18-20,36,39,42,51H,8,12,14-17,21-27H2,(H,46,52,54)/t36-,39?,42+/m1/s1. The van der Waals surface area contributed by atoms with Crippen molar-refractivity contribution in [2.24, 2.45) is 5.41 Å². The topological polar surface area (TPSA) is 114 Å². The van der Waals surface area contributed by atoms with Crippen molar-refractivity contribution in [3.05, 3.63) is 129 Å². The van der Waals surface area contributed by atoms with Gasteiger partial charge in [-0.2, -0.15) is 0 Å². The predicted molar refractivity (Wildman–Crippen MR) is 206 cm³/mol. The zero-order valence-corrected chi connectivity index (χ0v) is 30.9. The molecule has 6 aliphatic rings. The number of aromatic hydroxyl groups is 1. The van der Waals surface area contributed by atoms with Gasteiger partial charge < -0.3 is 19.8 Å². The number of piperidine rings is 1. The third-order valence-corrected chi connectivity index (χ3v) is 13.3. The lowest BCUT2D eigenvalue weighted by Gasteiger charge is -2.49. The highest BCUT2D eigenvalue weighted by Crippen LogP contribution is 2.48. The van der Waals surface area contributed by atoms with Gasteiger partial charge in [-0.15, -0.1) is 0 Å². The number of nitrogens with zero attached hydrogens (tertiary/aromatic N) is 4. The molecule has 5 heterocycles. The Balaban J connectivity index is 0.754. The van der Waals surface area contributed by atoms with Gasteiger partial charge in [0.15, 0.2) is 0 Å². The summed E-state index contributed by atoms with van der Waals surface area (Å²) in [5.74, 6) is 0.233. The molecular weight excluding hydrogens is 691 g/mol. The zero-order valence-electron chi connectivity index (χ0n) is 30.9. The number of aryl methyl sites for hydroxylation is 1. The molecule has 4 amide bonds. The highest BCUT2D eigenvalue weighted by molar-refractivity contribution is 6.05. The van der Waals surface area contributed by atoms with E-state index < -0.39 is 11.9 Å². The second-order valence-corrected chi connectivity index (χ2v) is 16.8. The van der Waals surface area contributed by atoms with Crippen LogP contribution in [0, 0.1) is 5.41 Å². The number of carbonyl (C=O) groups excluding carboxylic acids is 4. The zero-order chi connectivity index (χ0) is 37.4. The largest absolute Gasteiger partial charge is 0.508 e. The Morgan fingerprint density at radius 2 is 1.56 bits per heavy atom. The molecule has 2 N–H and O–H groups in total. The van der Waals surface area contributed by atoms with E-state index in [2.05, 4.69) is 81.8 Å². The molecule has 3 fully saturated rings. The van der Waals surface area contributed by atoms with Crippen molar-refractivity contribution in [2.75, 3.05) is 37.6 Å². The Morgan fingerprint density at radius 1 is 0.782 bits per heavy atom. The number of rotatable bonds is 6. The van der Waals surface area contributed by atoms with Crippen molar-refractivity contribution in [3.63, 3.8) is 0 Å². The summed E-state index contributed by atoms with van der Waals surface area (Å²) in [7, 11) is 0. The number of phenols is 1. The lowest BCUT2D eigenvalue weighted by molar-refractivity contribution is -0.137. The summed E-state index contributed by atoms with van der Waals surface area (Å²) in [6, 6.07) is 29.2. The molecule has 1 spiro atoms. The first-order valence-corrected chi connectivity index (χ1v) is 19.7. The monoisotopic (exact) mass is 735 g/mol. The van der Waals surface area contributed by atoms with E-state index in [1.807, 2.05) is 23.1 Å². The molecular formula is C45H45N5O5. The molecule has 280 valence electrons. The van der Waals surface area contributed by atoms with Gasteiger partial charge in [-0.3, -0.25) is 29.4 Å². The first-order valence-electron chi connectivity index (χ1n) is 19.7. The van der Waals surface area contributed by atoms with Crippen LogP contribution >= 0.6 is 0 Å².